The van der Waals surface area contributed by atoms with Crippen LogP contribution >= 0.6 is 11.8 Å². The van der Waals surface area contributed by atoms with E-state index in [0.717, 1.165) is 6.54 Å². The molecule has 0 amide bonds. The quantitative estimate of drug-likeness (QED) is 0.613. The number of thioether (sulfide) groups is 1. The first-order valence-electron chi connectivity index (χ1n) is 8.30. The van der Waals surface area contributed by atoms with Crippen molar-refractivity contribution in [3.63, 3.8) is 0 Å². The van der Waals surface area contributed by atoms with Gasteiger partial charge in [0, 0.05) is 0 Å². The number of fused-ring (bicyclic) bond motifs is 1. The van der Waals surface area contributed by atoms with E-state index in [0.29, 0.717) is 34.7 Å². The third kappa shape index (κ3) is 4.16. The van der Waals surface area contributed by atoms with Crippen LogP contribution in [0.1, 0.15) is 27.7 Å². The molecule has 0 fully saturated rings. The molecule has 1 heterocycles. The highest BCUT2D eigenvalue weighted by Crippen LogP contribution is 2.16. The van der Waals surface area contributed by atoms with Gasteiger partial charge in [-0.3, -0.25) is 9.36 Å². The Labute approximate surface area is 147 Å². The summed E-state index contributed by atoms with van der Waals surface area (Å²) in [7, 11) is 0. The van der Waals surface area contributed by atoms with Crippen LogP contribution in [0.25, 0.3) is 10.9 Å². The van der Waals surface area contributed by atoms with Gasteiger partial charge in [-0.1, -0.05) is 23.9 Å². The molecule has 0 bridgehead atoms. The van der Waals surface area contributed by atoms with Gasteiger partial charge < -0.3 is 4.90 Å². The van der Waals surface area contributed by atoms with Crippen LogP contribution in [0, 0.1) is 11.3 Å². The lowest BCUT2D eigenvalue weighted by molar-refractivity contribution is -0.942. The van der Waals surface area contributed by atoms with Crippen molar-refractivity contribution in [1.29, 1.82) is 5.26 Å². The second-order valence-electron chi connectivity index (χ2n) is 6.45. The van der Waals surface area contributed by atoms with Crippen molar-refractivity contribution in [2.24, 2.45) is 0 Å². The SMILES string of the molecule is CC(C)[NH+](CCn1c(SCC#N)nc2ccccc2c1=O)C(C)C. The van der Waals surface area contributed by atoms with Crippen molar-refractivity contribution >= 4 is 22.7 Å². The Bertz CT molecular complexity index is 784. The molecule has 0 aliphatic rings. The number of hydrogen-bond acceptors (Lipinski definition) is 4. The van der Waals surface area contributed by atoms with E-state index >= 15 is 0 Å². The number of rotatable bonds is 7. The second kappa shape index (κ2) is 8.32. The summed E-state index contributed by atoms with van der Waals surface area (Å²) in [5.41, 5.74) is 0.670. The molecular weight excluding hydrogens is 320 g/mol. The Morgan fingerprint density at radius 1 is 1.25 bits per heavy atom. The molecule has 128 valence electrons. The van der Waals surface area contributed by atoms with Gasteiger partial charge >= 0.3 is 0 Å². The molecule has 0 saturated carbocycles. The molecule has 1 aromatic heterocycles. The summed E-state index contributed by atoms with van der Waals surface area (Å²) < 4.78 is 1.73. The molecule has 1 N–H and O–H groups in total. The number of nitriles is 1. The smallest absolute Gasteiger partial charge is 0.262 e. The Morgan fingerprint density at radius 2 is 1.92 bits per heavy atom. The van der Waals surface area contributed by atoms with E-state index in [9.17, 15) is 4.79 Å². The predicted octanol–water partition coefficient (Wildman–Crippen LogP) is 1.71. The van der Waals surface area contributed by atoms with Crippen LogP contribution in [-0.2, 0) is 6.54 Å². The Morgan fingerprint density at radius 3 is 2.54 bits per heavy atom. The summed E-state index contributed by atoms with van der Waals surface area (Å²) in [5.74, 6) is 0.287. The molecule has 0 unspecified atom stereocenters. The normalized spacial score (nSPS) is 11.6. The van der Waals surface area contributed by atoms with Crippen LogP contribution in [0.5, 0.6) is 0 Å². The maximum Gasteiger partial charge on any atom is 0.262 e. The maximum atomic E-state index is 12.9. The highest BCUT2D eigenvalue weighted by molar-refractivity contribution is 7.99. The Kier molecular flexibility index (Phi) is 6.41. The van der Waals surface area contributed by atoms with E-state index in [4.69, 9.17) is 5.26 Å². The average Bonchev–Trinajstić information content (AvgIpc) is 2.54. The van der Waals surface area contributed by atoms with Gasteiger partial charge in [-0.25, -0.2) is 4.98 Å². The lowest BCUT2D eigenvalue weighted by atomic mass is 10.2. The molecule has 0 spiro atoms. The second-order valence-corrected chi connectivity index (χ2v) is 7.39. The van der Waals surface area contributed by atoms with Crippen molar-refractivity contribution in [1.82, 2.24) is 9.55 Å². The summed E-state index contributed by atoms with van der Waals surface area (Å²) in [6, 6.07) is 10.5. The molecule has 0 aliphatic heterocycles. The van der Waals surface area contributed by atoms with Crippen molar-refractivity contribution in [2.75, 3.05) is 12.3 Å². The number of nitrogens with zero attached hydrogens (tertiary/aromatic N) is 3. The van der Waals surface area contributed by atoms with Gasteiger partial charge in [-0.15, -0.1) is 0 Å². The Hall–Kier alpha value is -1.84. The van der Waals surface area contributed by atoms with Gasteiger partial charge in [-0.05, 0) is 39.8 Å². The standard InChI is InChI=1S/C18H24N4OS/c1-13(2)21(14(3)4)10-11-22-17(23)15-7-5-6-8-16(15)20-18(22)24-12-9-19/h5-8,13-14H,10-12H2,1-4H3/p+1. The molecule has 5 nitrogen and oxygen atoms in total. The monoisotopic (exact) mass is 345 g/mol. The van der Waals surface area contributed by atoms with Crippen LogP contribution in [0.15, 0.2) is 34.2 Å². The van der Waals surface area contributed by atoms with Gasteiger partial charge in [0.15, 0.2) is 5.16 Å². The highest BCUT2D eigenvalue weighted by atomic mass is 32.2. The minimum absolute atomic E-state index is 0.0205. The fourth-order valence-corrected chi connectivity index (χ4v) is 3.72. The lowest BCUT2D eigenvalue weighted by Gasteiger charge is -2.28. The number of aromatic nitrogens is 2. The fraction of sp³-hybridized carbons (Fsp3) is 0.500. The summed E-state index contributed by atoms with van der Waals surface area (Å²) in [4.78, 5) is 18.9. The van der Waals surface area contributed by atoms with Crippen LogP contribution in [-0.4, -0.2) is 33.9 Å². The van der Waals surface area contributed by atoms with Gasteiger partial charge in [0.05, 0.1) is 47.9 Å². The van der Waals surface area contributed by atoms with Crippen LogP contribution in [0.2, 0.25) is 0 Å². The zero-order valence-corrected chi connectivity index (χ0v) is 15.6. The number of benzene rings is 1. The number of quaternary nitrogens is 1. The predicted molar refractivity (Wildman–Crippen MR) is 98.4 cm³/mol. The van der Waals surface area contributed by atoms with E-state index in [-0.39, 0.29) is 11.3 Å². The zero-order chi connectivity index (χ0) is 17.7. The topological polar surface area (TPSA) is 63.1 Å². The van der Waals surface area contributed by atoms with Gasteiger partial charge in [0.1, 0.15) is 0 Å². The van der Waals surface area contributed by atoms with Gasteiger partial charge in [-0.2, -0.15) is 5.26 Å². The Balaban J connectivity index is 2.41. The third-order valence-electron chi connectivity index (χ3n) is 4.20. The fourth-order valence-electron chi connectivity index (χ4n) is 3.04. The first-order chi connectivity index (χ1) is 11.5. The van der Waals surface area contributed by atoms with E-state index in [1.807, 2.05) is 24.3 Å². The zero-order valence-electron chi connectivity index (χ0n) is 14.7. The van der Waals surface area contributed by atoms with Crippen molar-refractivity contribution < 1.29 is 4.90 Å². The molecule has 0 saturated heterocycles. The molecule has 24 heavy (non-hydrogen) atoms. The van der Waals surface area contributed by atoms with Gasteiger partial charge in [0.25, 0.3) is 5.56 Å². The first kappa shape index (κ1) is 18.5. The van der Waals surface area contributed by atoms with Crippen LogP contribution in [0.3, 0.4) is 0 Å². The molecule has 0 radical (unpaired) electrons. The summed E-state index contributed by atoms with van der Waals surface area (Å²) in [6.45, 7) is 10.2. The number of para-hydroxylation sites is 1. The number of hydrogen-bond donors (Lipinski definition) is 1. The van der Waals surface area contributed by atoms with Crippen LogP contribution in [0.4, 0.5) is 0 Å². The van der Waals surface area contributed by atoms with Gasteiger partial charge in [0.2, 0.25) is 0 Å². The highest BCUT2D eigenvalue weighted by Gasteiger charge is 2.19. The summed E-state index contributed by atoms with van der Waals surface area (Å²) in [5, 5.41) is 10.1. The van der Waals surface area contributed by atoms with E-state index in [1.165, 1.54) is 16.7 Å². The van der Waals surface area contributed by atoms with E-state index in [1.54, 1.807) is 4.57 Å². The van der Waals surface area contributed by atoms with E-state index in [2.05, 4.69) is 38.7 Å². The minimum Gasteiger partial charge on any atom is -0.330 e. The number of nitrogens with one attached hydrogen (secondary N) is 1. The van der Waals surface area contributed by atoms with Crippen molar-refractivity contribution in [3.8, 4) is 6.07 Å². The molecule has 6 heteroatoms. The molecule has 0 aliphatic carbocycles. The summed E-state index contributed by atoms with van der Waals surface area (Å²) in [6.07, 6.45) is 0. The minimum atomic E-state index is -0.0205. The molecule has 2 rings (SSSR count). The molecular formula is C18H25N4OS+. The van der Waals surface area contributed by atoms with Crippen molar-refractivity contribution in [2.45, 2.75) is 51.5 Å². The molecule has 2 aromatic rings. The third-order valence-corrected chi connectivity index (χ3v) is 5.04. The average molecular weight is 345 g/mol. The molecule has 0 atom stereocenters. The molecule has 1 aromatic carbocycles. The van der Waals surface area contributed by atoms with E-state index < -0.39 is 0 Å². The van der Waals surface area contributed by atoms with Crippen LogP contribution < -0.4 is 10.5 Å². The summed E-state index contributed by atoms with van der Waals surface area (Å²) >= 11 is 1.33. The van der Waals surface area contributed by atoms with Crippen molar-refractivity contribution in [3.05, 3.63) is 34.6 Å². The maximum absolute atomic E-state index is 12.9. The largest absolute Gasteiger partial charge is 0.330 e. The first-order valence-corrected chi connectivity index (χ1v) is 9.29. The lowest BCUT2D eigenvalue weighted by Crippen LogP contribution is -3.18.